The van der Waals surface area contributed by atoms with Crippen molar-refractivity contribution in [2.75, 3.05) is 12.4 Å². The summed E-state index contributed by atoms with van der Waals surface area (Å²) >= 11 is 12.6. The van der Waals surface area contributed by atoms with Crippen LogP contribution in [-0.4, -0.2) is 38.7 Å². The molecule has 3 heterocycles. The van der Waals surface area contributed by atoms with E-state index < -0.39 is 28.6 Å². The monoisotopic (exact) mass is 519 g/mol. The Balaban J connectivity index is 1.70. The number of rotatable bonds is 7. The lowest BCUT2D eigenvalue weighted by molar-refractivity contribution is -0.137. The molecule has 0 saturated heterocycles. The number of halogens is 5. The number of alkyl halides is 3. The van der Waals surface area contributed by atoms with Gasteiger partial charge in [0.05, 0.1) is 28.9 Å². The molecule has 0 aliphatic carbocycles. The van der Waals surface area contributed by atoms with Crippen LogP contribution in [0.4, 0.5) is 19.0 Å². The van der Waals surface area contributed by atoms with Crippen LogP contribution in [-0.2, 0) is 6.18 Å². The Labute approximate surface area is 199 Å². The number of carbonyl (C=O) groups is 2. The van der Waals surface area contributed by atoms with Crippen LogP contribution in [0.3, 0.4) is 0 Å². The molecule has 1 atom stereocenters. The van der Waals surface area contributed by atoms with Gasteiger partial charge in [0.25, 0.3) is 5.91 Å². The molecule has 33 heavy (non-hydrogen) atoms. The van der Waals surface area contributed by atoms with Crippen LogP contribution in [0.5, 0.6) is 5.88 Å². The molecule has 174 valence electrons. The molecule has 0 spiro atoms. The number of aromatic nitrogens is 4. The van der Waals surface area contributed by atoms with Crippen molar-refractivity contribution in [3.05, 3.63) is 56.0 Å². The van der Waals surface area contributed by atoms with Gasteiger partial charge in [0.1, 0.15) is 27.7 Å². The number of ketones is 1. The van der Waals surface area contributed by atoms with Gasteiger partial charge in [0.2, 0.25) is 5.88 Å². The van der Waals surface area contributed by atoms with Crippen LogP contribution in [0.25, 0.3) is 0 Å². The molecule has 0 aliphatic heterocycles. The fraction of sp³-hybridized carbons (Fsp3) is 0.263. The molecule has 3 aromatic rings. The highest BCUT2D eigenvalue weighted by Crippen LogP contribution is 2.35. The minimum atomic E-state index is -4.70. The maximum Gasteiger partial charge on any atom is 0.418 e. The third-order valence-electron chi connectivity index (χ3n) is 4.28. The van der Waals surface area contributed by atoms with E-state index in [-0.39, 0.29) is 39.5 Å². The predicted octanol–water partition coefficient (Wildman–Crippen LogP) is 5.29. The Bertz CT molecular complexity index is 1210. The highest BCUT2D eigenvalue weighted by molar-refractivity contribution is 7.13. The van der Waals surface area contributed by atoms with Gasteiger partial charge in [-0.2, -0.15) is 13.2 Å². The molecule has 0 bridgehead atoms. The number of nitrogens with one attached hydrogen (secondary N) is 1. The second-order valence-corrected chi connectivity index (χ2v) is 8.49. The summed E-state index contributed by atoms with van der Waals surface area (Å²) in [7, 11) is 1.36. The molecule has 0 fully saturated rings. The van der Waals surface area contributed by atoms with Gasteiger partial charge in [-0.25, -0.2) is 19.9 Å². The van der Waals surface area contributed by atoms with Gasteiger partial charge < -0.3 is 10.1 Å². The number of ether oxygens (including phenoxy) is 1. The first-order chi connectivity index (χ1) is 15.5. The van der Waals surface area contributed by atoms with Crippen LogP contribution < -0.4 is 10.1 Å². The van der Waals surface area contributed by atoms with Crippen molar-refractivity contribution < 1.29 is 27.5 Å². The second-order valence-electron chi connectivity index (χ2n) is 6.64. The zero-order valence-corrected chi connectivity index (χ0v) is 19.2. The molecular weight excluding hydrogens is 506 g/mol. The van der Waals surface area contributed by atoms with Crippen molar-refractivity contribution in [1.29, 1.82) is 0 Å². The van der Waals surface area contributed by atoms with Crippen molar-refractivity contribution >= 4 is 52.0 Å². The number of carbonyl (C=O) groups excluding carboxylic acids is 2. The molecular formula is C19H14Cl2F3N5O3S. The van der Waals surface area contributed by atoms with E-state index in [2.05, 4.69) is 25.3 Å². The van der Waals surface area contributed by atoms with E-state index in [9.17, 15) is 22.8 Å². The van der Waals surface area contributed by atoms with Crippen molar-refractivity contribution in [2.24, 2.45) is 0 Å². The highest BCUT2D eigenvalue weighted by Gasteiger charge is 2.34. The third kappa shape index (κ3) is 5.75. The van der Waals surface area contributed by atoms with E-state index in [0.717, 1.165) is 23.9 Å². The van der Waals surface area contributed by atoms with E-state index in [1.54, 1.807) is 6.92 Å². The first-order valence-corrected chi connectivity index (χ1v) is 10.7. The number of thiazole rings is 1. The fourth-order valence-corrected chi connectivity index (χ4v) is 4.03. The van der Waals surface area contributed by atoms with Gasteiger partial charge in [-0.15, -0.1) is 11.3 Å². The van der Waals surface area contributed by atoms with Crippen molar-refractivity contribution in [1.82, 2.24) is 19.9 Å². The first kappa shape index (κ1) is 24.8. The number of Topliss-reactive ketones (excluding diaryl/α,β-unsaturated/α-hetero) is 1. The Hall–Kier alpha value is -2.83. The Kier molecular flexibility index (Phi) is 7.50. The van der Waals surface area contributed by atoms with Gasteiger partial charge in [0, 0.05) is 18.5 Å². The van der Waals surface area contributed by atoms with Crippen LogP contribution in [0.15, 0.2) is 24.8 Å². The number of pyridine rings is 1. The van der Waals surface area contributed by atoms with Gasteiger partial charge in [-0.3, -0.25) is 9.59 Å². The topological polar surface area (TPSA) is 107 Å². The summed E-state index contributed by atoms with van der Waals surface area (Å²) < 4.78 is 43.9. The number of amides is 1. The largest absolute Gasteiger partial charge is 0.480 e. The SMILES string of the molecule is COc1ncnc(C(=O)CC(C)c2ncc(C(=O)Nc3cc(C(F)(F)F)c(Cl)cn3)s2)c1Cl. The molecule has 0 aromatic carbocycles. The minimum Gasteiger partial charge on any atom is -0.480 e. The Morgan fingerprint density at radius 3 is 2.58 bits per heavy atom. The second kappa shape index (κ2) is 9.98. The first-order valence-electron chi connectivity index (χ1n) is 9.08. The molecule has 1 unspecified atom stereocenters. The molecule has 3 aromatic heterocycles. The molecule has 1 N–H and O–H groups in total. The average Bonchev–Trinajstić information content (AvgIpc) is 3.25. The summed E-state index contributed by atoms with van der Waals surface area (Å²) in [5, 5.41) is 2.15. The van der Waals surface area contributed by atoms with Crippen LogP contribution in [0, 0.1) is 0 Å². The van der Waals surface area contributed by atoms with Crippen LogP contribution >= 0.6 is 34.5 Å². The molecule has 1 amide bonds. The van der Waals surface area contributed by atoms with E-state index in [1.165, 1.54) is 13.3 Å². The van der Waals surface area contributed by atoms with Gasteiger partial charge in [0.15, 0.2) is 5.78 Å². The van der Waals surface area contributed by atoms with Crippen LogP contribution in [0.1, 0.15) is 50.0 Å². The third-order valence-corrected chi connectivity index (χ3v) is 6.15. The molecule has 0 saturated carbocycles. The number of nitrogens with zero attached hydrogens (tertiary/aromatic N) is 4. The maximum absolute atomic E-state index is 13.0. The molecule has 3 rings (SSSR count). The van der Waals surface area contributed by atoms with E-state index in [1.807, 2.05) is 0 Å². The van der Waals surface area contributed by atoms with Gasteiger partial charge >= 0.3 is 6.18 Å². The van der Waals surface area contributed by atoms with Crippen molar-refractivity contribution in [3.8, 4) is 5.88 Å². The van der Waals surface area contributed by atoms with Gasteiger partial charge in [-0.1, -0.05) is 30.1 Å². The number of anilines is 1. The van der Waals surface area contributed by atoms with Crippen LogP contribution in [0.2, 0.25) is 10.0 Å². The van der Waals surface area contributed by atoms with E-state index in [0.29, 0.717) is 11.1 Å². The minimum absolute atomic E-state index is 0.000768. The average molecular weight is 520 g/mol. The normalized spacial score (nSPS) is 12.3. The maximum atomic E-state index is 13.0. The molecule has 0 aliphatic rings. The lowest BCUT2D eigenvalue weighted by atomic mass is 10.0. The summed E-state index contributed by atoms with van der Waals surface area (Å²) in [6.07, 6.45) is -1.49. The van der Waals surface area contributed by atoms with Gasteiger partial charge in [-0.05, 0) is 6.07 Å². The number of hydrogen-bond acceptors (Lipinski definition) is 8. The zero-order chi connectivity index (χ0) is 24.3. The molecule has 0 radical (unpaired) electrons. The molecule has 8 nitrogen and oxygen atoms in total. The van der Waals surface area contributed by atoms with Crippen molar-refractivity contribution in [2.45, 2.75) is 25.4 Å². The van der Waals surface area contributed by atoms with E-state index >= 15 is 0 Å². The number of methoxy groups -OCH3 is 1. The Morgan fingerprint density at radius 1 is 1.18 bits per heavy atom. The standard InChI is InChI=1S/C19H14Cl2F3N5O3S/c1-8(3-11(30)15-14(21)17(32-2)28-7-27-15)18-26-6-12(33-18)16(31)29-13-4-9(19(22,23)24)10(20)5-25-13/h4-8H,3H2,1-2H3,(H,25,29,31). The fourth-order valence-electron chi connectivity index (χ4n) is 2.68. The quantitative estimate of drug-likeness (QED) is 0.422. The summed E-state index contributed by atoms with van der Waals surface area (Å²) in [6, 6.07) is 0.642. The summed E-state index contributed by atoms with van der Waals surface area (Å²) in [5.41, 5.74) is -1.12. The predicted molar refractivity (Wildman–Crippen MR) is 115 cm³/mol. The lowest BCUT2D eigenvalue weighted by Crippen LogP contribution is -2.13. The van der Waals surface area contributed by atoms with Crippen molar-refractivity contribution in [3.63, 3.8) is 0 Å². The lowest BCUT2D eigenvalue weighted by Gasteiger charge is -2.10. The summed E-state index contributed by atoms with van der Waals surface area (Å²) in [5.74, 6) is -1.72. The smallest absolute Gasteiger partial charge is 0.418 e. The summed E-state index contributed by atoms with van der Waals surface area (Å²) in [4.78, 5) is 40.7. The molecule has 14 heteroatoms. The Morgan fingerprint density at radius 2 is 1.91 bits per heavy atom. The van der Waals surface area contributed by atoms with E-state index in [4.69, 9.17) is 27.9 Å². The highest BCUT2D eigenvalue weighted by atomic mass is 35.5. The summed E-state index contributed by atoms with van der Waals surface area (Å²) in [6.45, 7) is 1.72. The zero-order valence-electron chi connectivity index (χ0n) is 16.9. The number of hydrogen-bond donors (Lipinski definition) is 1.